The van der Waals surface area contributed by atoms with Crippen molar-refractivity contribution in [2.24, 2.45) is 0 Å². The van der Waals surface area contributed by atoms with Crippen LogP contribution in [0.5, 0.6) is 0 Å². The summed E-state index contributed by atoms with van der Waals surface area (Å²) < 4.78 is 0. The minimum Gasteiger partial charge on any atom is -0.0776 e. The lowest BCUT2D eigenvalue weighted by Gasteiger charge is -2.34. The molecule has 144 valence electrons. The summed E-state index contributed by atoms with van der Waals surface area (Å²) in [6.07, 6.45) is 0. The molecule has 29 heavy (non-hydrogen) atoms. The van der Waals surface area contributed by atoms with Crippen LogP contribution in [0.2, 0.25) is 0 Å². The highest BCUT2D eigenvalue weighted by Crippen LogP contribution is 2.56. The molecule has 0 atom stereocenters. The van der Waals surface area contributed by atoms with Crippen molar-refractivity contribution in [2.45, 2.75) is 33.6 Å². The van der Waals surface area contributed by atoms with Crippen LogP contribution >= 0.6 is 0 Å². The van der Waals surface area contributed by atoms with Gasteiger partial charge in [-0.2, -0.15) is 0 Å². The number of fused-ring (bicyclic) bond motifs is 3. The van der Waals surface area contributed by atoms with E-state index in [1.165, 1.54) is 50.1 Å². The van der Waals surface area contributed by atoms with Crippen LogP contribution in [0.25, 0.3) is 11.1 Å². The van der Waals surface area contributed by atoms with Crippen molar-refractivity contribution < 1.29 is 0 Å². The number of hydrogen-bond acceptors (Lipinski definition) is 0. The molecular formula is C29H28. The first kappa shape index (κ1) is 19.2. The minimum atomic E-state index is -0.278. The Labute approximate surface area is 174 Å². The van der Waals surface area contributed by atoms with Crippen molar-refractivity contribution >= 4 is 0 Å². The molecule has 0 bridgehead atoms. The Morgan fingerprint density at radius 3 is 1.62 bits per heavy atom. The number of aryl methyl sites for hydroxylation is 3. The van der Waals surface area contributed by atoms with Gasteiger partial charge in [0.1, 0.15) is 0 Å². The predicted molar refractivity (Wildman–Crippen MR) is 125 cm³/mol. The topological polar surface area (TPSA) is 0 Å². The zero-order valence-corrected chi connectivity index (χ0v) is 16.7. The molecule has 0 saturated carbocycles. The Morgan fingerprint density at radius 1 is 0.517 bits per heavy atom. The Morgan fingerprint density at radius 2 is 1.03 bits per heavy atom. The summed E-state index contributed by atoms with van der Waals surface area (Å²) in [6.45, 7) is 6.54. The smallest absolute Gasteiger partial charge is 0.0713 e. The van der Waals surface area contributed by atoms with Crippen LogP contribution in [0, 0.1) is 20.8 Å². The molecule has 0 heterocycles. The molecule has 0 spiro atoms. The van der Waals surface area contributed by atoms with Gasteiger partial charge in [-0.3, -0.25) is 0 Å². The molecule has 0 heteroatoms. The maximum atomic E-state index is 2.32. The van der Waals surface area contributed by atoms with E-state index < -0.39 is 0 Å². The fourth-order valence-electron chi connectivity index (χ4n) is 4.91. The molecule has 0 fully saturated rings. The van der Waals surface area contributed by atoms with Crippen LogP contribution in [0.1, 0.15) is 46.4 Å². The second-order valence-corrected chi connectivity index (χ2v) is 8.03. The molecule has 0 unspecified atom stereocenters. The van der Waals surface area contributed by atoms with E-state index in [-0.39, 0.29) is 12.8 Å². The van der Waals surface area contributed by atoms with Crippen LogP contribution in [0.4, 0.5) is 0 Å². The van der Waals surface area contributed by atoms with E-state index in [4.69, 9.17) is 0 Å². The first-order valence-electron chi connectivity index (χ1n) is 9.96. The predicted octanol–water partition coefficient (Wildman–Crippen LogP) is 7.61. The highest BCUT2D eigenvalue weighted by atomic mass is 14.5. The molecule has 1 aliphatic rings. The third-order valence-electron chi connectivity index (χ3n) is 6.25. The maximum absolute atomic E-state index is 2.32. The van der Waals surface area contributed by atoms with Gasteiger partial charge in [-0.1, -0.05) is 110 Å². The average Bonchev–Trinajstić information content (AvgIpc) is 3.02. The molecule has 0 aromatic heterocycles. The van der Waals surface area contributed by atoms with Gasteiger partial charge < -0.3 is 0 Å². The van der Waals surface area contributed by atoms with Crippen LogP contribution in [-0.4, -0.2) is 0 Å². The zero-order valence-electron chi connectivity index (χ0n) is 16.7. The van der Waals surface area contributed by atoms with Crippen LogP contribution < -0.4 is 0 Å². The standard InChI is InChI=1S/C28H24.CH4/c1-19-11-15-22(16-12-19)28(23-17-13-20(2)14-18-23)25-9-5-4-8-24(25)27-21(3)7-6-10-26(27)28;/h4-18H,1-3H3;1H4. The molecule has 0 saturated heterocycles. The highest BCUT2D eigenvalue weighted by molar-refractivity contribution is 5.87. The third-order valence-corrected chi connectivity index (χ3v) is 6.25. The van der Waals surface area contributed by atoms with E-state index in [1.54, 1.807) is 0 Å². The summed E-state index contributed by atoms with van der Waals surface area (Å²) in [6, 6.07) is 33.9. The summed E-state index contributed by atoms with van der Waals surface area (Å²) in [5.41, 5.74) is 11.8. The van der Waals surface area contributed by atoms with Crippen LogP contribution in [0.3, 0.4) is 0 Å². The summed E-state index contributed by atoms with van der Waals surface area (Å²) in [5.74, 6) is 0. The van der Waals surface area contributed by atoms with Crippen LogP contribution in [0.15, 0.2) is 91.0 Å². The number of benzene rings is 4. The summed E-state index contributed by atoms with van der Waals surface area (Å²) >= 11 is 0. The summed E-state index contributed by atoms with van der Waals surface area (Å²) in [4.78, 5) is 0. The Hall–Kier alpha value is -3.12. The van der Waals surface area contributed by atoms with Crippen LogP contribution in [-0.2, 0) is 5.41 Å². The lowest BCUT2D eigenvalue weighted by atomic mass is 9.67. The lowest BCUT2D eigenvalue weighted by Crippen LogP contribution is -2.28. The van der Waals surface area contributed by atoms with Gasteiger partial charge in [-0.15, -0.1) is 0 Å². The molecule has 4 aromatic rings. The molecule has 0 N–H and O–H groups in total. The molecule has 0 aliphatic heterocycles. The maximum Gasteiger partial charge on any atom is 0.0713 e. The van der Waals surface area contributed by atoms with Crippen molar-refractivity contribution in [3.8, 4) is 11.1 Å². The van der Waals surface area contributed by atoms with Gasteiger partial charge in [-0.05, 0) is 59.7 Å². The summed E-state index contributed by atoms with van der Waals surface area (Å²) in [7, 11) is 0. The molecule has 1 aliphatic carbocycles. The van der Waals surface area contributed by atoms with Crippen molar-refractivity contribution in [3.05, 3.63) is 130 Å². The molecule has 0 radical (unpaired) electrons. The first-order chi connectivity index (χ1) is 13.6. The van der Waals surface area contributed by atoms with E-state index in [0.717, 1.165) is 0 Å². The number of hydrogen-bond donors (Lipinski definition) is 0. The molecule has 4 aromatic carbocycles. The molecule has 5 rings (SSSR count). The second-order valence-electron chi connectivity index (χ2n) is 8.03. The van der Waals surface area contributed by atoms with Gasteiger partial charge in [0, 0.05) is 0 Å². The molecular weight excluding hydrogens is 348 g/mol. The lowest BCUT2D eigenvalue weighted by molar-refractivity contribution is 0.767. The van der Waals surface area contributed by atoms with Crippen molar-refractivity contribution in [1.29, 1.82) is 0 Å². The normalized spacial score (nSPS) is 13.3. The zero-order chi connectivity index (χ0) is 19.3. The fourth-order valence-corrected chi connectivity index (χ4v) is 4.91. The third kappa shape index (κ3) is 2.67. The van der Waals surface area contributed by atoms with E-state index >= 15 is 0 Å². The SMILES string of the molecule is C.Cc1ccc(C2(c3ccc(C)cc3)c3ccccc3-c3c(C)cccc32)cc1. The first-order valence-corrected chi connectivity index (χ1v) is 9.96. The van der Waals surface area contributed by atoms with Crippen molar-refractivity contribution in [2.75, 3.05) is 0 Å². The van der Waals surface area contributed by atoms with E-state index in [2.05, 4.69) is 112 Å². The molecule has 0 nitrogen and oxygen atoms in total. The Kier molecular flexibility index (Phi) is 4.67. The van der Waals surface area contributed by atoms with Gasteiger partial charge in [0.15, 0.2) is 0 Å². The number of rotatable bonds is 2. The van der Waals surface area contributed by atoms with E-state index in [9.17, 15) is 0 Å². The van der Waals surface area contributed by atoms with Gasteiger partial charge in [0.05, 0.1) is 5.41 Å². The van der Waals surface area contributed by atoms with E-state index in [1.807, 2.05) is 0 Å². The highest BCUT2D eigenvalue weighted by Gasteiger charge is 2.46. The van der Waals surface area contributed by atoms with Crippen molar-refractivity contribution in [3.63, 3.8) is 0 Å². The van der Waals surface area contributed by atoms with Gasteiger partial charge in [0.2, 0.25) is 0 Å². The molecule has 0 amide bonds. The largest absolute Gasteiger partial charge is 0.0776 e. The quantitative estimate of drug-likeness (QED) is 0.297. The summed E-state index contributed by atoms with van der Waals surface area (Å²) in [5, 5.41) is 0. The van der Waals surface area contributed by atoms with Gasteiger partial charge in [0.25, 0.3) is 0 Å². The van der Waals surface area contributed by atoms with Crippen molar-refractivity contribution in [1.82, 2.24) is 0 Å². The fraction of sp³-hybridized carbons (Fsp3) is 0.172. The van der Waals surface area contributed by atoms with E-state index in [0.29, 0.717) is 0 Å². The Balaban J connectivity index is 0.00000205. The monoisotopic (exact) mass is 376 g/mol. The minimum absolute atomic E-state index is 0. The second kappa shape index (κ2) is 7.04. The van der Waals surface area contributed by atoms with Gasteiger partial charge in [-0.25, -0.2) is 0 Å². The Bertz CT molecular complexity index is 1120. The van der Waals surface area contributed by atoms with Gasteiger partial charge >= 0.3 is 0 Å². The average molecular weight is 377 g/mol.